The average molecular weight is 266 g/mol. The number of rotatable bonds is 8. The molecule has 0 aliphatic heterocycles. The summed E-state index contributed by atoms with van der Waals surface area (Å²) in [7, 11) is 2.00. The molecule has 1 heterocycles. The van der Waals surface area contributed by atoms with Crippen LogP contribution in [0.4, 0.5) is 5.82 Å². The Morgan fingerprint density at radius 1 is 1.47 bits per heavy atom. The van der Waals surface area contributed by atoms with Crippen LogP contribution in [0.2, 0.25) is 0 Å². The van der Waals surface area contributed by atoms with Gasteiger partial charge in [0.2, 0.25) is 0 Å². The Kier molecular flexibility index (Phi) is 4.82. The van der Waals surface area contributed by atoms with Gasteiger partial charge >= 0.3 is 0 Å². The second kappa shape index (κ2) is 6.39. The zero-order valence-corrected chi connectivity index (χ0v) is 12.3. The maximum absolute atomic E-state index is 9.02. The van der Waals surface area contributed by atoms with E-state index in [-0.39, 0.29) is 6.61 Å². The van der Waals surface area contributed by atoms with Gasteiger partial charge in [0.05, 0.1) is 5.69 Å². The fourth-order valence-electron chi connectivity index (χ4n) is 2.50. The normalized spacial score (nSPS) is 14.9. The molecule has 0 unspecified atom stereocenters. The Bertz CT molecular complexity index is 412. The van der Waals surface area contributed by atoms with Crippen molar-refractivity contribution < 1.29 is 5.11 Å². The molecule has 1 aliphatic carbocycles. The van der Waals surface area contributed by atoms with Crippen molar-refractivity contribution in [3.05, 3.63) is 11.3 Å². The van der Waals surface area contributed by atoms with E-state index in [1.807, 2.05) is 11.7 Å². The van der Waals surface area contributed by atoms with Crippen molar-refractivity contribution in [3.63, 3.8) is 0 Å². The van der Waals surface area contributed by atoms with Gasteiger partial charge in [0, 0.05) is 44.9 Å². The third kappa shape index (κ3) is 3.48. The zero-order chi connectivity index (χ0) is 13.8. The Hall–Kier alpha value is -1.07. The van der Waals surface area contributed by atoms with Crippen LogP contribution in [0.25, 0.3) is 0 Å². The molecule has 0 saturated heterocycles. The third-order valence-corrected chi connectivity index (χ3v) is 3.73. The maximum atomic E-state index is 9.02. The molecule has 108 valence electrons. The van der Waals surface area contributed by atoms with Gasteiger partial charge in [-0.3, -0.25) is 4.68 Å². The first-order valence-electron chi connectivity index (χ1n) is 7.29. The Morgan fingerprint density at radius 3 is 2.79 bits per heavy atom. The van der Waals surface area contributed by atoms with Crippen molar-refractivity contribution in [1.82, 2.24) is 15.1 Å². The first-order valence-corrected chi connectivity index (χ1v) is 7.29. The summed E-state index contributed by atoms with van der Waals surface area (Å²) < 4.78 is 1.97. The number of aryl methyl sites for hydroxylation is 2. The SMILES string of the molecule is CCN(CCCO)c1c(CNC2CC2)c(C)nn1C. The van der Waals surface area contributed by atoms with Crippen LogP contribution in [-0.4, -0.2) is 40.6 Å². The first-order chi connectivity index (χ1) is 9.17. The van der Waals surface area contributed by atoms with Crippen LogP contribution in [0, 0.1) is 6.92 Å². The van der Waals surface area contributed by atoms with Crippen LogP contribution < -0.4 is 10.2 Å². The van der Waals surface area contributed by atoms with Crippen LogP contribution in [-0.2, 0) is 13.6 Å². The molecule has 2 N–H and O–H groups in total. The van der Waals surface area contributed by atoms with E-state index in [4.69, 9.17) is 5.11 Å². The van der Waals surface area contributed by atoms with E-state index >= 15 is 0 Å². The van der Waals surface area contributed by atoms with Crippen molar-refractivity contribution in [3.8, 4) is 0 Å². The van der Waals surface area contributed by atoms with Gasteiger partial charge in [-0.1, -0.05) is 0 Å². The van der Waals surface area contributed by atoms with Gasteiger partial charge in [0.1, 0.15) is 5.82 Å². The highest BCUT2D eigenvalue weighted by molar-refractivity contribution is 5.50. The highest BCUT2D eigenvalue weighted by Crippen LogP contribution is 2.25. The van der Waals surface area contributed by atoms with Crippen molar-refractivity contribution >= 4 is 5.82 Å². The summed E-state index contributed by atoms with van der Waals surface area (Å²) >= 11 is 0. The van der Waals surface area contributed by atoms with Crippen molar-refractivity contribution in [2.45, 2.75) is 45.7 Å². The lowest BCUT2D eigenvalue weighted by Crippen LogP contribution is -2.28. The number of anilines is 1. The standard InChI is InChI=1S/C14H26N4O/c1-4-18(8-5-9-19)14-13(10-15-12-6-7-12)11(2)16-17(14)3/h12,15,19H,4-10H2,1-3H3. The maximum Gasteiger partial charge on any atom is 0.131 e. The molecule has 0 atom stereocenters. The predicted octanol–water partition coefficient (Wildman–Crippen LogP) is 1.19. The molecule has 1 aromatic heterocycles. The summed E-state index contributed by atoms with van der Waals surface area (Å²) in [6, 6.07) is 0.708. The van der Waals surface area contributed by atoms with E-state index in [2.05, 4.69) is 29.2 Å². The molecule has 0 aromatic carbocycles. The van der Waals surface area contributed by atoms with E-state index in [9.17, 15) is 0 Å². The van der Waals surface area contributed by atoms with Crippen LogP contribution in [0.5, 0.6) is 0 Å². The fourth-order valence-corrected chi connectivity index (χ4v) is 2.50. The van der Waals surface area contributed by atoms with Gasteiger partial charge in [-0.15, -0.1) is 0 Å². The topological polar surface area (TPSA) is 53.3 Å². The minimum Gasteiger partial charge on any atom is -0.396 e. The number of nitrogens with zero attached hydrogens (tertiary/aromatic N) is 3. The van der Waals surface area contributed by atoms with Crippen LogP contribution in [0.3, 0.4) is 0 Å². The lowest BCUT2D eigenvalue weighted by molar-refractivity contribution is 0.289. The predicted molar refractivity (Wildman–Crippen MR) is 77.4 cm³/mol. The van der Waals surface area contributed by atoms with E-state index in [0.29, 0.717) is 6.04 Å². The average Bonchev–Trinajstić information content (AvgIpc) is 3.16. The van der Waals surface area contributed by atoms with Gasteiger partial charge in [-0.05, 0) is 33.1 Å². The molecule has 1 fully saturated rings. The second-order valence-corrected chi connectivity index (χ2v) is 5.32. The Morgan fingerprint density at radius 2 is 2.21 bits per heavy atom. The lowest BCUT2D eigenvalue weighted by atomic mass is 10.2. The second-order valence-electron chi connectivity index (χ2n) is 5.32. The molecular weight excluding hydrogens is 240 g/mol. The summed E-state index contributed by atoms with van der Waals surface area (Å²) in [5.74, 6) is 1.20. The Balaban J connectivity index is 2.14. The number of aliphatic hydroxyl groups is 1. The molecule has 0 bridgehead atoms. The first kappa shape index (κ1) is 14.3. The van der Waals surface area contributed by atoms with E-state index in [0.717, 1.165) is 31.7 Å². The smallest absolute Gasteiger partial charge is 0.131 e. The van der Waals surface area contributed by atoms with E-state index < -0.39 is 0 Å². The van der Waals surface area contributed by atoms with Gasteiger partial charge in [0.25, 0.3) is 0 Å². The van der Waals surface area contributed by atoms with Gasteiger partial charge in [-0.25, -0.2) is 0 Å². The molecule has 1 aromatic rings. The summed E-state index contributed by atoms with van der Waals surface area (Å²) in [4.78, 5) is 2.31. The van der Waals surface area contributed by atoms with E-state index in [1.54, 1.807) is 0 Å². The fraction of sp³-hybridized carbons (Fsp3) is 0.786. The number of hydrogen-bond donors (Lipinski definition) is 2. The highest BCUT2D eigenvalue weighted by atomic mass is 16.3. The summed E-state index contributed by atoms with van der Waals surface area (Å²) in [6.45, 7) is 7.18. The molecule has 0 spiro atoms. The Labute approximate surface area is 115 Å². The number of aromatic nitrogens is 2. The van der Waals surface area contributed by atoms with Crippen molar-refractivity contribution in [2.75, 3.05) is 24.6 Å². The van der Waals surface area contributed by atoms with Crippen LogP contribution >= 0.6 is 0 Å². The molecule has 2 rings (SSSR count). The molecule has 19 heavy (non-hydrogen) atoms. The molecule has 5 nitrogen and oxygen atoms in total. The molecular formula is C14H26N4O. The largest absolute Gasteiger partial charge is 0.396 e. The third-order valence-electron chi connectivity index (χ3n) is 3.73. The monoisotopic (exact) mass is 266 g/mol. The molecule has 1 saturated carbocycles. The molecule has 1 aliphatic rings. The number of nitrogens with one attached hydrogen (secondary N) is 1. The van der Waals surface area contributed by atoms with E-state index in [1.165, 1.54) is 24.2 Å². The summed E-state index contributed by atoms with van der Waals surface area (Å²) in [5.41, 5.74) is 2.40. The number of hydrogen-bond acceptors (Lipinski definition) is 4. The summed E-state index contributed by atoms with van der Waals surface area (Å²) in [6.07, 6.45) is 3.40. The van der Waals surface area contributed by atoms with Gasteiger partial charge < -0.3 is 15.3 Å². The molecule has 0 radical (unpaired) electrons. The quantitative estimate of drug-likeness (QED) is 0.742. The molecule has 0 amide bonds. The van der Waals surface area contributed by atoms with Gasteiger partial charge in [0.15, 0.2) is 0 Å². The number of aliphatic hydroxyl groups excluding tert-OH is 1. The lowest BCUT2D eigenvalue weighted by Gasteiger charge is -2.24. The molecule has 5 heteroatoms. The summed E-state index contributed by atoms with van der Waals surface area (Å²) in [5, 5.41) is 17.2. The minimum absolute atomic E-state index is 0.239. The van der Waals surface area contributed by atoms with Crippen LogP contribution in [0.15, 0.2) is 0 Å². The van der Waals surface area contributed by atoms with Crippen LogP contribution in [0.1, 0.15) is 37.4 Å². The van der Waals surface area contributed by atoms with Crippen molar-refractivity contribution in [2.24, 2.45) is 7.05 Å². The van der Waals surface area contributed by atoms with Crippen molar-refractivity contribution in [1.29, 1.82) is 0 Å². The zero-order valence-electron chi connectivity index (χ0n) is 12.3. The van der Waals surface area contributed by atoms with Gasteiger partial charge in [-0.2, -0.15) is 5.10 Å². The minimum atomic E-state index is 0.239. The highest BCUT2D eigenvalue weighted by Gasteiger charge is 2.23.